The van der Waals surface area contributed by atoms with Crippen molar-refractivity contribution < 1.29 is 0 Å². The second-order valence-electron chi connectivity index (χ2n) is 3.50. The van der Waals surface area contributed by atoms with E-state index in [1.54, 1.807) is 6.07 Å². The summed E-state index contributed by atoms with van der Waals surface area (Å²) in [5, 5.41) is 3.20. The lowest BCUT2D eigenvalue weighted by molar-refractivity contribution is 0.517. The van der Waals surface area contributed by atoms with Crippen LogP contribution < -0.4 is 11.1 Å². The molecule has 1 rings (SSSR count). The van der Waals surface area contributed by atoms with E-state index in [0.717, 1.165) is 19.4 Å². The highest BCUT2D eigenvalue weighted by Crippen LogP contribution is 2.13. The summed E-state index contributed by atoms with van der Waals surface area (Å²) >= 11 is 3.28. The lowest BCUT2D eigenvalue weighted by atomic mass is 10.0. The largest absolute Gasteiger partial charge is 0.383 e. The third-order valence-electron chi connectivity index (χ3n) is 2.42. The van der Waals surface area contributed by atoms with Crippen molar-refractivity contribution in [2.45, 2.75) is 26.7 Å². The van der Waals surface area contributed by atoms with Gasteiger partial charge in [0.1, 0.15) is 10.4 Å². The van der Waals surface area contributed by atoms with E-state index in [-0.39, 0.29) is 0 Å². The molecule has 4 nitrogen and oxygen atoms in total. The van der Waals surface area contributed by atoms with E-state index in [9.17, 15) is 0 Å². The number of halogens is 1. The Morgan fingerprint density at radius 2 is 2.07 bits per heavy atom. The third kappa shape index (κ3) is 4.03. The molecule has 0 bridgehead atoms. The topological polar surface area (TPSA) is 63.8 Å². The normalized spacial score (nSPS) is 10.7. The maximum absolute atomic E-state index is 5.61. The highest BCUT2D eigenvalue weighted by molar-refractivity contribution is 9.10. The van der Waals surface area contributed by atoms with Gasteiger partial charge in [0, 0.05) is 12.6 Å². The molecule has 0 saturated heterocycles. The molecule has 0 aromatic carbocycles. The van der Waals surface area contributed by atoms with Crippen molar-refractivity contribution >= 4 is 27.7 Å². The predicted molar refractivity (Wildman–Crippen MR) is 66.7 cm³/mol. The van der Waals surface area contributed by atoms with Crippen LogP contribution in [0.3, 0.4) is 0 Å². The SMILES string of the molecule is CCC(CC)CNc1nc(N)cc(Br)n1. The zero-order valence-electron chi connectivity index (χ0n) is 9.13. The van der Waals surface area contributed by atoms with E-state index in [4.69, 9.17) is 5.73 Å². The summed E-state index contributed by atoms with van der Waals surface area (Å²) in [6, 6.07) is 1.68. The van der Waals surface area contributed by atoms with Crippen LogP contribution in [0.2, 0.25) is 0 Å². The van der Waals surface area contributed by atoms with Gasteiger partial charge in [-0.1, -0.05) is 26.7 Å². The molecule has 0 saturated carbocycles. The molecule has 0 fully saturated rings. The number of nitrogen functional groups attached to an aromatic ring is 1. The minimum absolute atomic E-state index is 0.476. The smallest absolute Gasteiger partial charge is 0.225 e. The predicted octanol–water partition coefficient (Wildman–Crippen LogP) is 2.67. The average molecular weight is 273 g/mol. The van der Waals surface area contributed by atoms with Crippen molar-refractivity contribution in [2.24, 2.45) is 5.92 Å². The fourth-order valence-corrected chi connectivity index (χ4v) is 1.73. The first kappa shape index (κ1) is 12.2. The summed E-state index contributed by atoms with van der Waals surface area (Å²) in [4.78, 5) is 8.29. The zero-order valence-corrected chi connectivity index (χ0v) is 10.7. The molecular formula is C10H17BrN4. The molecule has 1 aromatic rings. The summed E-state index contributed by atoms with van der Waals surface area (Å²) in [5.74, 6) is 1.73. The van der Waals surface area contributed by atoms with Crippen molar-refractivity contribution in [3.8, 4) is 0 Å². The van der Waals surface area contributed by atoms with Gasteiger partial charge in [-0.3, -0.25) is 0 Å². The lowest BCUT2D eigenvalue weighted by Crippen LogP contribution is -2.15. The molecule has 0 amide bonds. The van der Waals surface area contributed by atoms with Crippen LogP contribution >= 0.6 is 15.9 Å². The summed E-state index contributed by atoms with van der Waals surface area (Å²) in [7, 11) is 0. The first-order chi connectivity index (χ1) is 7.15. The fourth-order valence-electron chi connectivity index (χ4n) is 1.33. The van der Waals surface area contributed by atoms with Gasteiger partial charge >= 0.3 is 0 Å². The first-order valence-corrected chi connectivity index (χ1v) is 5.98. The Morgan fingerprint density at radius 1 is 1.40 bits per heavy atom. The van der Waals surface area contributed by atoms with Crippen LogP contribution in [0, 0.1) is 5.92 Å². The lowest BCUT2D eigenvalue weighted by Gasteiger charge is -2.13. The van der Waals surface area contributed by atoms with Gasteiger partial charge in [0.2, 0.25) is 5.95 Å². The van der Waals surface area contributed by atoms with Crippen LogP contribution in [0.4, 0.5) is 11.8 Å². The second-order valence-corrected chi connectivity index (χ2v) is 4.32. The minimum atomic E-state index is 0.476. The minimum Gasteiger partial charge on any atom is -0.383 e. The molecule has 15 heavy (non-hydrogen) atoms. The van der Waals surface area contributed by atoms with Crippen LogP contribution in [0.1, 0.15) is 26.7 Å². The molecule has 0 atom stereocenters. The molecule has 0 aliphatic carbocycles. The van der Waals surface area contributed by atoms with Gasteiger partial charge < -0.3 is 11.1 Å². The van der Waals surface area contributed by atoms with Gasteiger partial charge in [-0.25, -0.2) is 4.98 Å². The maximum atomic E-state index is 5.61. The number of rotatable bonds is 5. The van der Waals surface area contributed by atoms with Crippen molar-refractivity contribution in [2.75, 3.05) is 17.6 Å². The zero-order chi connectivity index (χ0) is 11.3. The second kappa shape index (κ2) is 5.90. The standard InChI is InChI=1S/C10H17BrN4/c1-3-7(4-2)6-13-10-14-8(11)5-9(12)15-10/h5,7H,3-4,6H2,1-2H3,(H3,12,13,14,15). The Kier molecular flexibility index (Phi) is 4.81. The number of anilines is 2. The number of nitrogens with zero attached hydrogens (tertiary/aromatic N) is 2. The number of nitrogens with two attached hydrogens (primary N) is 1. The van der Waals surface area contributed by atoms with E-state index < -0.39 is 0 Å². The summed E-state index contributed by atoms with van der Waals surface area (Å²) in [6.07, 6.45) is 2.32. The van der Waals surface area contributed by atoms with E-state index in [1.165, 1.54) is 0 Å². The van der Waals surface area contributed by atoms with Crippen LogP contribution in [0.25, 0.3) is 0 Å². The quantitative estimate of drug-likeness (QED) is 0.809. The molecule has 5 heteroatoms. The van der Waals surface area contributed by atoms with E-state index >= 15 is 0 Å². The number of hydrogen-bond acceptors (Lipinski definition) is 4. The van der Waals surface area contributed by atoms with Crippen LogP contribution in [-0.2, 0) is 0 Å². The van der Waals surface area contributed by atoms with Crippen molar-refractivity contribution in [3.05, 3.63) is 10.7 Å². The Bertz CT molecular complexity index is 292. The number of nitrogens with one attached hydrogen (secondary N) is 1. The fraction of sp³-hybridized carbons (Fsp3) is 0.600. The molecule has 84 valence electrons. The molecule has 0 radical (unpaired) electrons. The Morgan fingerprint density at radius 3 is 2.60 bits per heavy atom. The Balaban J connectivity index is 2.57. The first-order valence-electron chi connectivity index (χ1n) is 5.19. The number of aromatic nitrogens is 2. The summed E-state index contributed by atoms with van der Waals surface area (Å²) in [5.41, 5.74) is 5.61. The van der Waals surface area contributed by atoms with Gasteiger partial charge in [-0.15, -0.1) is 0 Å². The summed E-state index contributed by atoms with van der Waals surface area (Å²) < 4.78 is 0.710. The van der Waals surface area contributed by atoms with Gasteiger partial charge in [0.15, 0.2) is 0 Å². The van der Waals surface area contributed by atoms with Gasteiger partial charge in [0.05, 0.1) is 0 Å². The van der Waals surface area contributed by atoms with Crippen LogP contribution in [-0.4, -0.2) is 16.5 Å². The summed E-state index contributed by atoms with van der Waals surface area (Å²) in [6.45, 7) is 5.26. The van der Waals surface area contributed by atoms with Crippen molar-refractivity contribution in [1.82, 2.24) is 9.97 Å². The molecule has 1 heterocycles. The van der Waals surface area contributed by atoms with Crippen LogP contribution in [0.5, 0.6) is 0 Å². The molecule has 0 spiro atoms. The third-order valence-corrected chi connectivity index (χ3v) is 2.82. The highest BCUT2D eigenvalue weighted by atomic mass is 79.9. The van der Waals surface area contributed by atoms with E-state index in [0.29, 0.717) is 22.3 Å². The average Bonchev–Trinajstić information content (AvgIpc) is 2.18. The van der Waals surface area contributed by atoms with Gasteiger partial charge in [0.25, 0.3) is 0 Å². The monoisotopic (exact) mass is 272 g/mol. The molecule has 0 aliphatic rings. The van der Waals surface area contributed by atoms with E-state index in [2.05, 4.69) is 45.1 Å². The molecule has 0 aliphatic heterocycles. The number of hydrogen-bond donors (Lipinski definition) is 2. The molecular weight excluding hydrogens is 256 g/mol. The van der Waals surface area contributed by atoms with E-state index in [1.807, 2.05) is 0 Å². The highest BCUT2D eigenvalue weighted by Gasteiger charge is 2.05. The van der Waals surface area contributed by atoms with Gasteiger partial charge in [-0.05, 0) is 21.8 Å². The maximum Gasteiger partial charge on any atom is 0.225 e. The molecule has 1 aromatic heterocycles. The Hall–Kier alpha value is -0.840. The Labute approximate surface area is 98.8 Å². The van der Waals surface area contributed by atoms with Gasteiger partial charge in [-0.2, -0.15) is 4.98 Å². The van der Waals surface area contributed by atoms with Crippen molar-refractivity contribution in [3.63, 3.8) is 0 Å². The molecule has 0 unspecified atom stereocenters. The van der Waals surface area contributed by atoms with Crippen LogP contribution in [0.15, 0.2) is 10.7 Å². The van der Waals surface area contributed by atoms with Crippen molar-refractivity contribution in [1.29, 1.82) is 0 Å². The molecule has 3 N–H and O–H groups in total.